The van der Waals surface area contributed by atoms with Gasteiger partial charge in [0.05, 0.1) is 32.0 Å². The summed E-state index contributed by atoms with van der Waals surface area (Å²) in [5, 5.41) is 0.724. The van der Waals surface area contributed by atoms with E-state index in [1.807, 2.05) is 0 Å². The predicted molar refractivity (Wildman–Crippen MR) is 213 cm³/mol. The minimum atomic E-state index is -0.943. The van der Waals surface area contributed by atoms with Crippen LogP contribution < -0.4 is 9.64 Å². The number of nitrogens with zero attached hydrogens (tertiary/aromatic N) is 4. The molecular formula is C38H46N4O20S. The highest BCUT2D eigenvalue weighted by atomic mass is 32.1. The highest BCUT2D eigenvalue weighted by Gasteiger charge is 2.33. The van der Waals surface area contributed by atoms with Crippen molar-refractivity contribution in [1.82, 2.24) is 14.7 Å². The van der Waals surface area contributed by atoms with Gasteiger partial charge in [-0.05, 0) is 24.4 Å². The van der Waals surface area contributed by atoms with Crippen molar-refractivity contribution in [2.24, 2.45) is 0 Å². The van der Waals surface area contributed by atoms with E-state index in [0.29, 0.717) is 5.39 Å². The van der Waals surface area contributed by atoms with E-state index in [-0.39, 0.29) is 65.9 Å². The molecule has 0 saturated carbocycles. The number of rotatable bonds is 25. The van der Waals surface area contributed by atoms with Gasteiger partial charge in [0.2, 0.25) is 27.2 Å². The minimum absolute atomic E-state index is 0.0350. The van der Waals surface area contributed by atoms with E-state index < -0.39 is 101 Å². The molecule has 0 N–H and O–H groups in total. The molecule has 344 valence electrons. The number of furan rings is 1. The molecule has 1 aromatic heterocycles. The fourth-order valence-corrected chi connectivity index (χ4v) is 5.23. The molecule has 2 aromatic rings. The number of benzene rings is 1. The second-order valence-corrected chi connectivity index (χ2v) is 13.2. The Kier molecular flexibility index (Phi) is 20.2. The lowest BCUT2D eigenvalue weighted by atomic mass is 10.2. The first-order chi connectivity index (χ1) is 29.8. The van der Waals surface area contributed by atoms with Gasteiger partial charge in [0.15, 0.2) is 5.11 Å². The summed E-state index contributed by atoms with van der Waals surface area (Å²) < 4.78 is 56.1. The van der Waals surface area contributed by atoms with E-state index in [1.54, 1.807) is 13.1 Å². The van der Waals surface area contributed by atoms with Crippen molar-refractivity contribution in [1.29, 1.82) is 0 Å². The Labute approximate surface area is 364 Å². The van der Waals surface area contributed by atoms with E-state index in [0.717, 1.165) is 27.7 Å². The third-order valence-electron chi connectivity index (χ3n) is 8.01. The molecule has 24 nitrogen and oxygen atoms in total. The fourth-order valence-electron chi connectivity index (χ4n) is 5.05. The number of ether oxygens (including phenoxy) is 10. The van der Waals surface area contributed by atoms with Gasteiger partial charge in [-0.15, -0.1) is 0 Å². The molecule has 0 radical (unpaired) electrons. The van der Waals surface area contributed by atoms with Gasteiger partial charge in [-0.3, -0.25) is 53.0 Å². The molecule has 25 heteroatoms. The fraction of sp³-hybridized carbons (Fsp3) is 0.474. The normalized spacial score (nSPS) is 12.8. The van der Waals surface area contributed by atoms with Crippen LogP contribution >= 0.6 is 12.2 Å². The van der Waals surface area contributed by atoms with E-state index in [2.05, 4.69) is 18.9 Å². The largest absolute Gasteiger partial charge is 0.489 e. The first-order valence-corrected chi connectivity index (χ1v) is 18.9. The van der Waals surface area contributed by atoms with Crippen LogP contribution in [0.2, 0.25) is 0 Å². The zero-order chi connectivity index (χ0) is 46.6. The maximum Gasteiger partial charge on any atom is 0.328 e. The summed E-state index contributed by atoms with van der Waals surface area (Å²) in [5.74, 6) is -6.45. The summed E-state index contributed by atoms with van der Waals surface area (Å²) in [5.41, 5.74) is 0.527. The highest BCUT2D eigenvalue weighted by molar-refractivity contribution is 7.80. The van der Waals surface area contributed by atoms with Crippen molar-refractivity contribution in [3.8, 4) is 5.75 Å². The summed E-state index contributed by atoms with van der Waals surface area (Å²) in [6.07, 6.45) is 1.48. The van der Waals surface area contributed by atoms with Crippen molar-refractivity contribution in [2.75, 3.05) is 98.7 Å². The first-order valence-electron chi connectivity index (χ1n) is 18.5. The standard InChI is InChI=1S/C38H46N4O20S/c1-23(43)54-19-58-33(47)15-41(16-34(48)59-20-55-24(2)44)7-8-52-9-10-53-32-12-27-11-28(13-30-37(51)40(6)38(63)39(30)5)62-31(27)14-29(32)42(17-35(49)60-21-56-25(3)45)18-36(50)61-22-57-26(4)46/h11-14H,7-10,15-22H2,1-6H3. The van der Waals surface area contributed by atoms with Gasteiger partial charge in [0.1, 0.15) is 42.5 Å². The average molecular weight is 911 g/mol. The number of anilines is 1. The Hall–Kier alpha value is -6.86. The molecule has 1 fully saturated rings. The number of amides is 1. The molecule has 3 rings (SSSR count). The Morgan fingerprint density at radius 1 is 0.635 bits per heavy atom. The van der Waals surface area contributed by atoms with E-state index in [4.69, 9.17) is 45.1 Å². The van der Waals surface area contributed by atoms with E-state index in [1.165, 1.54) is 44.9 Å². The molecule has 0 unspecified atom stereocenters. The zero-order valence-corrected chi connectivity index (χ0v) is 36.0. The molecular weight excluding hydrogens is 864 g/mol. The molecule has 0 aliphatic carbocycles. The number of hydrogen-bond acceptors (Lipinski definition) is 23. The second kappa shape index (κ2) is 25.2. The smallest absolute Gasteiger partial charge is 0.328 e. The van der Waals surface area contributed by atoms with E-state index in [9.17, 15) is 43.2 Å². The van der Waals surface area contributed by atoms with Crippen LogP contribution in [0.5, 0.6) is 5.75 Å². The number of carbonyl (C=O) groups is 9. The summed E-state index contributed by atoms with van der Waals surface area (Å²) >= 11 is 5.30. The number of carbonyl (C=O) groups excluding carboxylic acids is 9. The van der Waals surface area contributed by atoms with Crippen molar-refractivity contribution >= 4 is 93.7 Å². The second-order valence-electron chi connectivity index (χ2n) is 12.8. The topological polar surface area (TPSA) is 272 Å². The number of esters is 8. The van der Waals surface area contributed by atoms with Gasteiger partial charge in [-0.2, -0.15) is 0 Å². The van der Waals surface area contributed by atoms with Gasteiger partial charge in [0, 0.05) is 65.9 Å². The average Bonchev–Trinajstić information content (AvgIpc) is 3.67. The Morgan fingerprint density at radius 3 is 1.56 bits per heavy atom. The number of hydrogen-bond donors (Lipinski definition) is 0. The van der Waals surface area contributed by atoms with Crippen molar-refractivity contribution in [3.05, 3.63) is 29.7 Å². The molecule has 63 heavy (non-hydrogen) atoms. The van der Waals surface area contributed by atoms with Crippen molar-refractivity contribution in [3.63, 3.8) is 0 Å². The SMILES string of the molecule is CC(=O)OCOC(=O)CN(CCOCCOc1cc2cc(C=C3C(=O)N(C)C(=S)N3C)oc2cc1N(CC(=O)OCOC(C)=O)CC(=O)OCOC(C)=O)CC(=O)OCOC(C)=O. The van der Waals surface area contributed by atoms with Gasteiger partial charge in [0.25, 0.3) is 5.91 Å². The maximum atomic E-state index is 12.9. The lowest BCUT2D eigenvalue weighted by molar-refractivity contribution is -0.170. The number of likely N-dealkylation sites (N-methyl/N-ethyl adjacent to an activating group) is 2. The molecule has 0 atom stereocenters. The zero-order valence-electron chi connectivity index (χ0n) is 35.2. The van der Waals surface area contributed by atoms with Crippen LogP contribution in [0.3, 0.4) is 0 Å². The lowest BCUT2D eigenvalue weighted by Gasteiger charge is -2.25. The Morgan fingerprint density at radius 2 is 1.11 bits per heavy atom. The van der Waals surface area contributed by atoms with E-state index >= 15 is 0 Å². The number of thiocarbonyl (C=S) groups is 1. The highest BCUT2D eigenvalue weighted by Crippen LogP contribution is 2.36. The summed E-state index contributed by atoms with van der Waals surface area (Å²) in [4.78, 5) is 113. The minimum Gasteiger partial charge on any atom is -0.489 e. The van der Waals surface area contributed by atoms with Crippen LogP contribution in [0, 0.1) is 0 Å². The van der Waals surface area contributed by atoms with Crippen LogP contribution in [-0.4, -0.2) is 167 Å². The van der Waals surface area contributed by atoms with Gasteiger partial charge in [-0.25, -0.2) is 0 Å². The van der Waals surface area contributed by atoms with Crippen LogP contribution in [0.1, 0.15) is 33.5 Å². The molecule has 0 spiro atoms. The molecule has 1 aliphatic heterocycles. The molecule has 1 aliphatic rings. The predicted octanol–water partition coefficient (Wildman–Crippen LogP) is 0.221. The maximum absolute atomic E-state index is 12.9. The van der Waals surface area contributed by atoms with Crippen molar-refractivity contribution in [2.45, 2.75) is 27.7 Å². The van der Waals surface area contributed by atoms with Gasteiger partial charge < -0.3 is 61.6 Å². The van der Waals surface area contributed by atoms with Crippen LogP contribution in [0.25, 0.3) is 17.0 Å². The number of fused-ring (bicyclic) bond motifs is 1. The Balaban J connectivity index is 1.86. The summed E-state index contributed by atoms with van der Waals surface area (Å²) in [6.45, 7) is -0.821. The molecule has 1 amide bonds. The summed E-state index contributed by atoms with van der Waals surface area (Å²) in [6, 6.07) is 4.58. The van der Waals surface area contributed by atoms with Crippen LogP contribution in [-0.2, 0) is 85.8 Å². The van der Waals surface area contributed by atoms with Gasteiger partial charge >= 0.3 is 47.8 Å². The third-order valence-corrected chi connectivity index (χ3v) is 8.55. The quantitative estimate of drug-likeness (QED) is 0.0322. The Bertz CT molecular complexity index is 2000. The van der Waals surface area contributed by atoms with Crippen molar-refractivity contribution < 1.29 is 94.9 Å². The van der Waals surface area contributed by atoms with Crippen LogP contribution in [0.4, 0.5) is 5.69 Å². The molecule has 1 aromatic carbocycles. The first kappa shape index (κ1) is 50.5. The lowest BCUT2D eigenvalue weighted by Crippen LogP contribution is -2.38. The molecule has 1 saturated heterocycles. The van der Waals surface area contributed by atoms with Crippen LogP contribution in [0.15, 0.2) is 28.3 Å². The molecule has 2 heterocycles. The van der Waals surface area contributed by atoms with Gasteiger partial charge in [-0.1, -0.05) is 0 Å². The third kappa shape index (κ3) is 17.6. The molecule has 0 bridgehead atoms. The monoisotopic (exact) mass is 910 g/mol. The summed E-state index contributed by atoms with van der Waals surface area (Å²) in [7, 11) is 3.14.